The van der Waals surface area contributed by atoms with Gasteiger partial charge in [0.15, 0.2) is 6.23 Å². The van der Waals surface area contributed by atoms with Gasteiger partial charge >= 0.3 is 5.69 Å². The first-order valence-electron chi connectivity index (χ1n) is 6.07. The van der Waals surface area contributed by atoms with Gasteiger partial charge in [0.05, 0.1) is 12.6 Å². The molecule has 0 bridgehead atoms. The Morgan fingerprint density at radius 1 is 1.38 bits per heavy atom. The highest BCUT2D eigenvalue weighted by Crippen LogP contribution is 2.25. The minimum absolute atomic E-state index is 0. The molecule has 1 aromatic rings. The van der Waals surface area contributed by atoms with Crippen LogP contribution in [0.2, 0.25) is 0 Å². The van der Waals surface area contributed by atoms with Gasteiger partial charge < -0.3 is 25.8 Å². The van der Waals surface area contributed by atoms with Crippen LogP contribution in [0.5, 0.6) is 0 Å². The molecule has 0 aromatic carbocycles. The van der Waals surface area contributed by atoms with E-state index in [2.05, 4.69) is 4.98 Å². The first-order valence-corrected chi connectivity index (χ1v) is 6.07. The second kappa shape index (κ2) is 6.69. The second-order valence-electron chi connectivity index (χ2n) is 4.78. The van der Waals surface area contributed by atoms with E-state index in [4.69, 9.17) is 15.6 Å². The van der Waals surface area contributed by atoms with Gasteiger partial charge in [-0.15, -0.1) is 12.4 Å². The Morgan fingerprint density at radius 2 is 2.00 bits per heavy atom. The Hall–Kier alpha value is -1.23. The molecule has 6 N–H and O–H groups in total. The molecule has 10 heteroatoms. The van der Waals surface area contributed by atoms with Crippen LogP contribution in [0.25, 0.3) is 0 Å². The molecule has 1 aliphatic heterocycles. The molecule has 5 atom stereocenters. The Morgan fingerprint density at radius 3 is 2.57 bits per heavy atom. The number of nitrogens with two attached hydrogens (primary N) is 1. The molecule has 0 radical (unpaired) electrons. The molecule has 0 aliphatic carbocycles. The minimum Gasteiger partial charge on any atom is -0.394 e. The fourth-order valence-electron chi connectivity index (χ4n) is 2.14. The Kier molecular flexibility index (Phi) is 5.68. The Bertz CT molecular complexity index is 600. The van der Waals surface area contributed by atoms with Crippen molar-refractivity contribution in [2.45, 2.75) is 37.5 Å². The van der Waals surface area contributed by atoms with Crippen molar-refractivity contribution in [3.63, 3.8) is 0 Å². The van der Waals surface area contributed by atoms with Gasteiger partial charge in [-0.2, -0.15) is 0 Å². The van der Waals surface area contributed by atoms with Gasteiger partial charge in [0.25, 0.3) is 5.56 Å². The smallest absolute Gasteiger partial charge is 0.330 e. The number of hydrogen-bond donors (Lipinski definition) is 5. The summed E-state index contributed by atoms with van der Waals surface area (Å²) in [7, 11) is 0. The van der Waals surface area contributed by atoms with Crippen molar-refractivity contribution in [3.05, 3.63) is 32.6 Å². The number of aliphatic hydroxyl groups excluding tert-OH is 3. The van der Waals surface area contributed by atoms with Gasteiger partial charge in [-0.25, -0.2) is 4.79 Å². The van der Waals surface area contributed by atoms with E-state index in [0.29, 0.717) is 0 Å². The third-order valence-electron chi connectivity index (χ3n) is 3.37. The summed E-state index contributed by atoms with van der Waals surface area (Å²) < 4.78 is 6.38. The topological polar surface area (TPSA) is 151 Å². The SMILES string of the molecule is Cc1cn(C2OC(CO)C(O)C(O)C2N)c(=O)[nH]c1=O.Cl. The molecule has 0 saturated carbocycles. The zero-order valence-electron chi connectivity index (χ0n) is 11.2. The van der Waals surface area contributed by atoms with Gasteiger partial charge in [-0.3, -0.25) is 14.3 Å². The lowest BCUT2D eigenvalue weighted by atomic mass is 9.97. The molecule has 2 heterocycles. The number of aromatic amines is 1. The number of aromatic nitrogens is 2. The molecular weight excluding hydrogens is 306 g/mol. The molecule has 2 rings (SSSR count). The van der Waals surface area contributed by atoms with Crippen molar-refractivity contribution in [2.24, 2.45) is 5.73 Å². The predicted octanol–water partition coefficient (Wildman–Crippen LogP) is -2.79. The maximum Gasteiger partial charge on any atom is 0.330 e. The number of nitrogens with zero attached hydrogens (tertiary/aromatic N) is 1. The lowest BCUT2D eigenvalue weighted by Crippen LogP contribution is -2.61. The van der Waals surface area contributed by atoms with Crippen LogP contribution < -0.4 is 17.0 Å². The van der Waals surface area contributed by atoms with E-state index in [1.807, 2.05) is 0 Å². The van der Waals surface area contributed by atoms with Crippen molar-refractivity contribution >= 4 is 12.4 Å². The monoisotopic (exact) mass is 323 g/mol. The number of aryl methyl sites for hydroxylation is 1. The van der Waals surface area contributed by atoms with E-state index in [9.17, 15) is 19.8 Å². The summed E-state index contributed by atoms with van der Waals surface area (Å²) in [6.07, 6.45) is -3.65. The normalized spacial score (nSPS) is 32.5. The molecule has 0 spiro atoms. The lowest BCUT2D eigenvalue weighted by Gasteiger charge is -2.41. The molecule has 1 aromatic heterocycles. The molecule has 9 nitrogen and oxygen atoms in total. The predicted molar refractivity (Wildman–Crippen MR) is 74.3 cm³/mol. The number of rotatable bonds is 2. The third-order valence-corrected chi connectivity index (χ3v) is 3.37. The van der Waals surface area contributed by atoms with Crippen LogP contribution in [0, 0.1) is 6.92 Å². The van der Waals surface area contributed by atoms with Gasteiger partial charge in [-0.1, -0.05) is 0 Å². The lowest BCUT2D eigenvalue weighted by molar-refractivity contribution is -0.211. The van der Waals surface area contributed by atoms with Gasteiger partial charge in [0.2, 0.25) is 0 Å². The first kappa shape index (κ1) is 17.8. The Labute approximate surface area is 125 Å². The third kappa shape index (κ3) is 3.18. The summed E-state index contributed by atoms with van der Waals surface area (Å²) in [4.78, 5) is 25.2. The highest BCUT2D eigenvalue weighted by atomic mass is 35.5. The van der Waals surface area contributed by atoms with E-state index in [-0.39, 0.29) is 18.0 Å². The van der Waals surface area contributed by atoms with Crippen LogP contribution >= 0.6 is 12.4 Å². The van der Waals surface area contributed by atoms with Crippen LogP contribution in [-0.2, 0) is 4.74 Å². The van der Waals surface area contributed by atoms with Crippen molar-refractivity contribution in [1.82, 2.24) is 9.55 Å². The average Bonchev–Trinajstić information content (AvgIpc) is 2.41. The number of aliphatic hydroxyl groups is 3. The van der Waals surface area contributed by atoms with Crippen LogP contribution in [0.15, 0.2) is 15.8 Å². The fraction of sp³-hybridized carbons (Fsp3) is 0.636. The molecule has 5 unspecified atom stereocenters. The van der Waals surface area contributed by atoms with E-state index in [1.54, 1.807) is 0 Å². The highest BCUT2D eigenvalue weighted by molar-refractivity contribution is 5.85. The van der Waals surface area contributed by atoms with Gasteiger partial charge in [0, 0.05) is 11.8 Å². The average molecular weight is 324 g/mol. The largest absolute Gasteiger partial charge is 0.394 e. The van der Waals surface area contributed by atoms with Crippen LogP contribution in [0.4, 0.5) is 0 Å². The summed E-state index contributed by atoms with van der Waals surface area (Å²) >= 11 is 0. The molecule has 1 saturated heterocycles. The maximum absolute atomic E-state index is 11.8. The van der Waals surface area contributed by atoms with Crippen molar-refractivity contribution in [2.75, 3.05) is 6.61 Å². The molecule has 1 fully saturated rings. The summed E-state index contributed by atoms with van der Waals surface area (Å²) in [6, 6.07) is -1.09. The van der Waals surface area contributed by atoms with Crippen molar-refractivity contribution < 1.29 is 20.1 Å². The highest BCUT2D eigenvalue weighted by Gasteiger charge is 2.43. The van der Waals surface area contributed by atoms with E-state index in [1.165, 1.54) is 13.1 Å². The molecular formula is C11H18ClN3O6. The number of ether oxygens (including phenoxy) is 1. The second-order valence-corrected chi connectivity index (χ2v) is 4.78. The standard InChI is InChI=1S/C11H17N3O6.ClH/c1-4-2-14(11(19)13-9(4)18)10-6(12)8(17)7(16)5(3-15)20-10;/h2,5-8,10,15-17H,3,12H2,1H3,(H,13,18,19);1H. The van der Waals surface area contributed by atoms with Crippen LogP contribution in [0.3, 0.4) is 0 Å². The van der Waals surface area contributed by atoms with E-state index >= 15 is 0 Å². The fourth-order valence-corrected chi connectivity index (χ4v) is 2.14. The Balaban J connectivity index is 0.00000220. The number of H-pyrrole nitrogens is 1. The van der Waals surface area contributed by atoms with Crippen molar-refractivity contribution in [3.8, 4) is 0 Å². The summed E-state index contributed by atoms with van der Waals surface area (Å²) in [5.41, 5.74) is 4.73. The van der Waals surface area contributed by atoms with Crippen LogP contribution in [0.1, 0.15) is 11.8 Å². The quantitative estimate of drug-likeness (QED) is 0.394. The van der Waals surface area contributed by atoms with Crippen LogP contribution in [-0.4, -0.2) is 55.8 Å². The molecule has 21 heavy (non-hydrogen) atoms. The zero-order valence-corrected chi connectivity index (χ0v) is 12.0. The maximum atomic E-state index is 11.8. The number of hydrogen-bond acceptors (Lipinski definition) is 7. The van der Waals surface area contributed by atoms with Crippen molar-refractivity contribution in [1.29, 1.82) is 0 Å². The molecule has 120 valence electrons. The zero-order chi connectivity index (χ0) is 15.0. The van der Waals surface area contributed by atoms with Gasteiger partial charge in [0.1, 0.15) is 18.3 Å². The van der Waals surface area contributed by atoms with Gasteiger partial charge in [-0.05, 0) is 6.92 Å². The summed E-state index contributed by atoms with van der Waals surface area (Å²) in [6.45, 7) is 0.955. The molecule has 0 amide bonds. The number of halogens is 1. The number of nitrogens with one attached hydrogen (secondary N) is 1. The van der Waals surface area contributed by atoms with E-state index in [0.717, 1.165) is 4.57 Å². The molecule has 1 aliphatic rings. The van der Waals surface area contributed by atoms with E-state index < -0.39 is 48.4 Å². The minimum atomic E-state index is -1.37. The summed E-state index contributed by atoms with van der Waals surface area (Å²) in [5, 5.41) is 28.6. The summed E-state index contributed by atoms with van der Waals surface area (Å²) in [5.74, 6) is 0. The first-order chi connectivity index (χ1) is 9.36.